The molecule has 1 fully saturated rings. The minimum absolute atomic E-state index is 0.00991. The topological polar surface area (TPSA) is 109 Å². The van der Waals surface area contributed by atoms with Gasteiger partial charge < -0.3 is 15.0 Å². The van der Waals surface area contributed by atoms with E-state index in [1.54, 1.807) is 0 Å². The van der Waals surface area contributed by atoms with E-state index in [2.05, 4.69) is 26.2 Å². The van der Waals surface area contributed by atoms with E-state index in [4.69, 9.17) is 4.74 Å². The van der Waals surface area contributed by atoms with Crippen LogP contribution in [0.4, 0.5) is 37.7 Å². The number of alkyl halides is 6. The molecule has 8 nitrogen and oxygen atoms in total. The molecule has 1 aromatic heterocycles. The van der Waals surface area contributed by atoms with Crippen LogP contribution in [0.15, 0.2) is 81.0 Å². The van der Waals surface area contributed by atoms with Crippen LogP contribution in [0.3, 0.4) is 0 Å². The molecule has 244 valence electrons. The van der Waals surface area contributed by atoms with Crippen molar-refractivity contribution in [1.29, 1.82) is 0 Å². The van der Waals surface area contributed by atoms with Crippen molar-refractivity contribution in [2.24, 2.45) is 5.92 Å². The molecule has 2 N–H and O–H groups in total. The predicted molar refractivity (Wildman–Crippen MR) is 164 cm³/mol. The Kier molecular flexibility index (Phi) is 8.50. The largest absolute Gasteiger partial charge is 0.483 e. The van der Waals surface area contributed by atoms with Gasteiger partial charge in [0.15, 0.2) is 6.61 Å². The summed E-state index contributed by atoms with van der Waals surface area (Å²) < 4.78 is 88.3. The number of benzene rings is 3. The van der Waals surface area contributed by atoms with Gasteiger partial charge in [0.25, 0.3) is 5.91 Å². The maximum atomic E-state index is 14.0. The lowest BCUT2D eigenvalue weighted by atomic mass is 9.82. The molecule has 0 bridgehead atoms. The number of H-pyrrole nitrogens is 1. The number of amides is 3. The van der Waals surface area contributed by atoms with Crippen molar-refractivity contribution in [1.82, 2.24) is 4.98 Å². The van der Waals surface area contributed by atoms with E-state index < -0.39 is 81.1 Å². The number of carbonyl (C=O) groups is 3. The zero-order chi connectivity index (χ0) is 33.8. The first-order chi connectivity index (χ1) is 22.1. The molecule has 3 atom stereocenters. The van der Waals surface area contributed by atoms with Crippen LogP contribution in [-0.4, -0.2) is 34.6 Å². The fourth-order valence-electron chi connectivity index (χ4n) is 5.56. The molecule has 1 saturated heterocycles. The number of nitrogens with one attached hydrogen (secondary N) is 2. The van der Waals surface area contributed by atoms with Gasteiger partial charge in [0, 0.05) is 20.8 Å². The van der Waals surface area contributed by atoms with E-state index in [1.807, 2.05) is 0 Å². The smallest absolute Gasteiger partial charge is 0.418 e. The van der Waals surface area contributed by atoms with Gasteiger partial charge in [0.05, 0.1) is 33.4 Å². The fourth-order valence-corrected chi connectivity index (χ4v) is 8.45. The number of rotatable bonds is 6. The number of thiazole rings is 1. The van der Waals surface area contributed by atoms with E-state index in [9.17, 15) is 45.5 Å². The van der Waals surface area contributed by atoms with Crippen molar-refractivity contribution in [3.8, 4) is 5.75 Å². The van der Waals surface area contributed by atoms with Gasteiger partial charge in [-0.05, 0) is 42.5 Å². The minimum Gasteiger partial charge on any atom is -0.483 e. The number of aromatic amines is 1. The molecule has 0 unspecified atom stereocenters. The first-order valence-corrected chi connectivity index (χ1v) is 16.0. The normalized spacial score (nSPS) is 19.4. The standard InChI is InChI=1S/C30H18BrF6N3O5S2/c31-13-9-10-19(45-12-20(41)38-17-7-3-1-5-15(17)29(32,33)34)14(11-13)21-22-24(46-25-23(21)47-28(44)39-25)27(43)40(26(22)42)18-8-4-2-6-16(18)30(35,36)37/h1-11,21-22,24H,12H2,(H,38,41)(H,39,44)/t21-,22-,24+/m0/s1. The summed E-state index contributed by atoms with van der Waals surface area (Å²) in [6.07, 6.45) is -9.62. The van der Waals surface area contributed by atoms with Crippen LogP contribution in [0.1, 0.15) is 27.5 Å². The molecule has 17 heteroatoms. The summed E-state index contributed by atoms with van der Waals surface area (Å²) in [7, 11) is 0. The number of nitrogens with zero attached hydrogens (tertiary/aromatic N) is 1. The van der Waals surface area contributed by atoms with Gasteiger partial charge in [-0.15, -0.1) is 0 Å². The monoisotopic (exact) mass is 757 g/mol. The second-order valence-electron chi connectivity index (χ2n) is 10.3. The molecule has 47 heavy (non-hydrogen) atoms. The van der Waals surface area contributed by atoms with Crippen molar-refractivity contribution >= 4 is 68.1 Å². The summed E-state index contributed by atoms with van der Waals surface area (Å²) >= 11 is 4.94. The Morgan fingerprint density at radius 3 is 2.28 bits per heavy atom. The predicted octanol–water partition coefficient (Wildman–Crippen LogP) is 7.05. The van der Waals surface area contributed by atoms with Crippen LogP contribution in [0.5, 0.6) is 5.75 Å². The van der Waals surface area contributed by atoms with Crippen molar-refractivity contribution < 1.29 is 45.5 Å². The van der Waals surface area contributed by atoms with Gasteiger partial charge in [0.2, 0.25) is 11.8 Å². The van der Waals surface area contributed by atoms with Crippen LogP contribution in [0.25, 0.3) is 0 Å². The number of hydrogen-bond acceptors (Lipinski definition) is 7. The van der Waals surface area contributed by atoms with Crippen molar-refractivity contribution in [3.63, 3.8) is 0 Å². The number of para-hydroxylation sites is 2. The number of imide groups is 1. The van der Waals surface area contributed by atoms with E-state index >= 15 is 0 Å². The first-order valence-electron chi connectivity index (χ1n) is 13.5. The second kappa shape index (κ2) is 12.2. The number of thioether (sulfide) groups is 1. The summed E-state index contributed by atoms with van der Waals surface area (Å²) in [5, 5.41) is 1.18. The molecule has 6 rings (SSSR count). The average Bonchev–Trinajstić information content (AvgIpc) is 3.49. The van der Waals surface area contributed by atoms with Crippen LogP contribution in [-0.2, 0) is 26.7 Å². The summed E-state index contributed by atoms with van der Waals surface area (Å²) in [6.45, 7) is -0.773. The minimum atomic E-state index is -4.88. The third kappa shape index (κ3) is 6.18. The number of halogens is 7. The van der Waals surface area contributed by atoms with Gasteiger partial charge in [0.1, 0.15) is 11.0 Å². The molecule has 0 aliphatic carbocycles. The fraction of sp³-hybridized carbons (Fsp3) is 0.200. The Morgan fingerprint density at radius 2 is 1.57 bits per heavy atom. The van der Waals surface area contributed by atoms with Crippen LogP contribution < -0.4 is 19.8 Å². The number of carbonyl (C=O) groups excluding carboxylic acids is 3. The van der Waals surface area contributed by atoms with Gasteiger partial charge in [-0.2, -0.15) is 26.3 Å². The van der Waals surface area contributed by atoms with Gasteiger partial charge in [-0.3, -0.25) is 19.2 Å². The molecule has 3 amide bonds. The lowest BCUT2D eigenvalue weighted by Crippen LogP contribution is -2.33. The lowest BCUT2D eigenvalue weighted by Gasteiger charge is -2.31. The third-order valence-corrected chi connectivity index (χ3v) is 10.3. The summed E-state index contributed by atoms with van der Waals surface area (Å²) in [5.41, 5.74) is -3.18. The Hall–Kier alpha value is -4.09. The molecule has 3 aromatic carbocycles. The van der Waals surface area contributed by atoms with E-state index in [-0.39, 0.29) is 16.3 Å². The van der Waals surface area contributed by atoms with Crippen molar-refractivity contribution in [3.05, 3.63) is 102 Å². The highest BCUT2D eigenvalue weighted by molar-refractivity contribution is 9.10. The van der Waals surface area contributed by atoms with Gasteiger partial charge >= 0.3 is 17.2 Å². The molecule has 3 heterocycles. The molecule has 0 saturated carbocycles. The van der Waals surface area contributed by atoms with Crippen LogP contribution in [0, 0.1) is 5.92 Å². The SMILES string of the molecule is O=C(COc1ccc(Br)cc1[C@@H]1c2sc(=O)[nH]c2S[C@H]2C(=O)N(c3ccccc3C(F)(F)F)C(=O)[C@@H]12)Nc1ccccc1C(F)(F)F. The number of aromatic nitrogens is 1. The number of ether oxygens (including phenoxy) is 1. The maximum absolute atomic E-state index is 14.0. The van der Waals surface area contributed by atoms with E-state index in [0.29, 0.717) is 14.2 Å². The highest BCUT2D eigenvalue weighted by Gasteiger charge is 2.58. The second-order valence-corrected chi connectivity index (χ2v) is 13.4. The molecule has 4 aromatic rings. The Balaban J connectivity index is 1.37. The maximum Gasteiger partial charge on any atom is 0.418 e. The van der Waals surface area contributed by atoms with Gasteiger partial charge in [-0.1, -0.05) is 63.3 Å². The highest BCUT2D eigenvalue weighted by atomic mass is 79.9. The van der Waals surface area contributed by atoms with Crippen LogP contribution >= 0.6 is 39.0 Å². The molecule has 0 radical (unpaired) electrons. The van der Waals surface area contributed by atoms with Crippen LogP contribution in [0.2, 0.25) is 0 Å². The molecule has 2 aliphatic rings. The molecule has 2 aliphatic heterocycles. The summed E-state index contributed by atoms with van der Waals surface area (Å²) in [6, 6.07) is 13.0. The van der Waals surface area contributed by atoms with E-state index in [1.165, 1.54) is 36.4 Å². The zero-order valence-electron chi connectivity index (χ0n) is 23.2. The quantitative estimate of drug-likeness (QED) is 0.161. The Bertz CT molecular complexity index is 1980. The van der Waals surface area contributed by atoms with E-state index in [0.717, 1.165) is 53.4 Å². The average molecular weight is 759 g/mol. The molecular weight excluding hydrogens is 740 g/mol. The van der Waals surface area contributed by atoms with Crippen molar-refractivity contribution in [2.45, 2.75) is 28.5 Å². The summed E-state index contributed by atoms with van der Waals surface area (Å²) in [5.74, 6) is -5.19. The third-order valence-electron chi connectivity index (χ3n) is 7.45. The lowest BCUT2D eigenvalue weighted by molar-refractivity contribution is -0.138. The first kappa shape index (κ1) is 32.8. The van der Waals surface area contributed by atoms with Gasteiger partial charge in [-0.25, -0.2) is 4.90 Å². The highest BCUT2D eigenvalue weighted by Crippen LogP contribution is 2.55. The Labute approximate surface area is 277 Å². The number of anilines is 2. The number of fused-ring (bicyclic) bond motifs is 2. The summed E-state index contributed by atoms with van der Waals surface area (Å²) in [4.78, 5) is 55.9. The Morgan fingerprint density at radius 1 is 0.915 bits per heavy atom. The molecule has 0 spiro atoms. The zero-order valence-corrected chi connectivity index (χ0v) is 26.5. The van der Waals surface area contributed by atoms with Crippen molar-refractivity contribution in [2.75, 3.05) is 16.8 Å². The number of hydrogen-bond donors (Lipinski definition) is 2. The molecular formula is C30H18BrF6N3O5S2.